The number of hydrogen-bond acceptors (Lipinski definition) is 5. The Kier molecular flexibility index (Phi) is 5.30. The molecule has 2 aliphatic carbocycles. The Bertz CT molecular complexity index is 935. The number of esters is 1. The van der Waals surface area contributed by atoms with Crippen LogP contribution in [0.4, 0.5) is 5.69 Å². The predicted molar refractivity (Wildman–Crippen MR) is 112 cm³/mol. The number of amides is 3. The number of benzene rings is 1. The lowest BCUT2D eigenvalue weighted by atomic mass is 9.85. The molecule has 1 aromatic carbocycles. The van der Waals surface area contributed by atoms with Crippen LogP contribution in [0.2, 0.25) is 0 Å². The fraction of sp³-hybridized carbons (Fsp3) is 0.455. The molecule has 158 valence electrons. The first-order valence-corrected chi connectivity index (χ1v) is 10.8. The van der Waals surface area contributed by atoms with Crippen molar-refractivity contribution in [1.29, 1.82) is 0 Å². The minimum absolute atomic E-state index is 0.0771. The van der Waals surface area contributed by atoms with Crippen molar-refractivity contribution in [2.75, 3.05) is 11.9 Å². The van der Waals surface area contributed by atoms with Gasteiger partial charge in [0, 0.05) is 10.2 Å². The van der Waals surface area contributed by atoms with Crippen molar-refractivity contribution >= 4 is 45.3 Å². The second kappa shape index (κ2) is 7.65. The van der Waals surface area contributed by atoms with Crippen LogP contribution in [0.5, 0.6) is 0 Å². The molecule has 2 fully saturated rings. The van der Waals surface area contributed by atoms with Gasteiger partial charge in [-0.25, -0.2) is 4.79 Å². The average Bonchev–Trinajstić information content (AvgIpc) is 3.37. The third-order valence-corrected chi connectivity index (χ3v) is 7.55. The number of carbonyl (C=O) groups is 4. The highest BCUT2D eigenvalue weighted by Gasteiger charge is 2.60. The van der Waals surface area contributed by atoms with Gasteiger partial charge in [0.2, 0.25) is 11.8 Å². The molecule has 8 heteroatoms. The molecule has 7 nitrogen and oxygen atoms in total. The molecule has 1 saturated heterocycles. The van der Waals surface area contributed by atoms with Crippen LogP contribution in [0.1, 0.15) is 24.5 Å². The third kappa shape index (κ3) is 3.37. The minimum Gasteiger partial charge on any atom is -0.454 e. The summed E-state index contributed by atoms with van der Waals surface area (Å²) in [5, 5.41) is 2.69. The fourth-order valence-electron chi connectivity index (χ4n) is 4.88. The van der Waals surface area contributed by atoms with Gasteiger partial charge in [-0.2, -0.15) is 0 Å². The zero-order valence-corrected chi connectivity index (χ0v) is 18.6. The molecule has 1 heterocycles. The van der Waals surface area contributed by atoms with Crippen LogP contribution in [-0.4, -0.2) is 41.2 Å². The van der Waals surface area contributed by atoms with Crippen LogP contribution in [-0.2, 0) is 23.9 Å². The Morgan fingerprint density at radius 2 is 1.67 bits per heavy atom. The molecule has 2 bridgehead atoms. The lowest BCUT2D eigenvalue weighted by Gasteiger charge is -2.23. The number of aryl methyl sites for hydroxylation is 2. The van der Waals surface area contributed by atoms with Crippen LogP contribution in [0.3, 0.4) is 0 Å². The SMILES string of the molecule is Cc1cc(NC(=O)COC(=O)[C@H](C)N2C(=O)[C@H]3[C@H](C2=O)[C@H]2C=C[C@H]3C2)cc(C)c1Br. The van der Waals surface area contributed by atoms with E-state index in [2.05, 4.69) is 21.2 Å². The summed E-state index contributed by atoms with van der Waals surface area (Å²) in [4.78, 5) is 51.3. The highest BCUT2D eigenvalue weighted by Crippen LogP contribution is 2.52. The van der Waals surface area contributed by atoms with Gasteiger partial charge in [-0.05, 0) is 62.3 Å². The number of nitrogens with one attached hydrogen (secondary N) is 1. The number of allylic oxidation sites excluding steroid dienone is 2. The van der Waals surface area contributed by atoms with Crippen LogP contribution in [0.15, 0.2) is 28.8 Å². The summed E-state index contributed by atoms with van der Waals surface area (Å²) < 4.78 is 6.07. The number of halogens is 1. The lowest BCUT2D eigenvalue weighted by Crippen LogP contribution is -2.45. The molecule has 0 radical (unpaired) electrons. The summed E-state index contributed by atoms with van der Waals surface area (Å²) in [7, 11) is 0. The summed E-state index contributed by atoms with van der Waals surface area (Å²) >= 11 is 3.47. The summed E-state index contributed by atoms with van der Waals surface area (Å²) in [5.41, 5.74) is 2.54. The number of imide groups is 1. The fourth-order valence-corrected chi connectivity index (χ4v) is 5.11. The number of likely N-dealkylation sites (tertiary alicyclic amines) is 1. The Morgan fingerprint density at radius 1 is 1.13 bits per heavy atom. The van der Waals surface area contributed by atoms with Gasteiger partial charge in [-0.15, -0.1) is 0 Å². The van der Waals surface area contributed by atoms with E-state index in [0.717, 1.165) is 26.9 Å². The molecule has 5 atom stereocenters. The van der Waals surface area contributed by atoms with Gasteiger partial charge in [0.25, 0.3) is 5.91 Å². The first-order chi connectivity index (χ1) is 14.2. The molecule has 30 heavy (non-hydrogen) atoms. The van der Waals surface area contributed by atoms with Gasteiger partial charge >= 0.3 is 5.97 Å². The molecular weight excluding hydrogens is 452 g/mol. The number of rotatable bonds is 5. The zero-order valence-electron chi connectivity index (χ0n) is 17.0. The van der Waals surface area contributed by atoms with E-state index >= 15 is 0 Å². The van der Waals surface area contributed by atoms with Crippen molar-refractivity contribution in [3.8, 4) is 0 Å². The molecule has 0 unspecified atom stereocenters. The molecule has 3 amide bonds. The topological polar surface area (TPSA) is 92.8 Å². The highest BCUT2D eigenvalue weighted by atomic mass is 79.9. The normalized spacial score (nSPS) is 27.4. The van der Waals surface area contributed by atoms with Crippen molar-refractivity contribution in [2.45, 2.75) is 33.2 Å². The van der Waals surface area contributed by atoms with E-state index in [1.807, 2.05) is 38.1 Å². The van der Waals surface area contributed by atoms with Gasteiger partial charge in [-0.1, -0.05) is 28.1 Å². The molecular formula is C22H23BrN2O5. The molecule has 3 aliphatic rings. The van der Waals surface area contributed by atoms with Gasteiger partial charge in [0.1, 0.15) is 6.04 Å². The number of nitrogens with zero attached hydrogens (tertiary/aromatic N) is 1. The summed E-state index contributed by atoms with van der Waals surface area (Å²) in [5.74, 6) is -2.45. The summed E-state index contributed by atoms with van der Waals surface area (Å²) in [6.07, 6.45) is 4.83. The number of ether oxygens (including phenoxy) is 1. The Balaban J connectivity index is 1.35. The first kappa shape index (κ1) is 20.8. The average molecular weight is 475 g/mol. The van der Waals surface area contributed by atoms with E-state index < -0.39 is 24.5 Å². The van der Waals surface area contributed by atoms with Crippen molar-refractivity contribution in [3.63, 3.8) is 0 Å². The quantitative estimate of drug-likeness (QED) is 0.402. The van der Waals surface area contributed by atoms with E-state index in [1.165, 1.54) is 6.92 Å². The smallest absolute Gasteiger partial charge is 0.329 e. The van der Waals surface area contributed by atoms with Gasteiger partial charge in [0.15, 0.2) is 6.61 Å². The standard InChI is InChI=1S/C22H23BrN2O5/c1-10-6-15(7-11(2)19(10)23)24-16(26)9-30-22(29)12(3)25-20(27)17-13-4-5-14(8-13)18(17)21(25)28/h4-7,12-14,17-18H,8-9H2,1-3H3,(H,24,26)/t12-,13-,14-,17+,18+/m0/s1. The third-order valence-electron chi connectivity index (χ3n) is 6.30. The minimum atomic E-state index is -1.06. The van der Waals surface area contributed by atoms with E-state index in [1.54, 1.807) is 0 Å². The van der Waals surface area contributed by atoms with Crippen molar-refractivity contribution < 1.29 is 23.9 Å². The number of anilines is 1. The van der Waals surface area contributed by atoms with Gasteiger partial charge in [0.05, 0.1) is 11.8 Å². The Morgan fingerprint density at radius 3 is 2.20 bits per heavy atom. The molecule has 0 spiro atoms. The molecule has 4 rings (SSSR count). The second-order valence-electron chi connectivity index (χ2n) is 8.30. The highest BCUT2D eigenvalue weighted by molar-refractivity contribution is 9.10. The van der Waals surface area contributed by atoms with Crippen molar-refractivity contribution in [1.82, 2.24) is 4.90 Å². The van der Waals surface area contributed by atoms with E-state index in [4.69, 9.17) is 4.74 Å². The van der Waals surface area contributed by atoms with Crippen LogP contribution in [0.25, 0.3) is 0 Å². The van der Waals surface area contributed by atoms with E-state index in [0.29, 0.717) is 5.69 Å². The summed E-state index contributed by atoms with van der Waals surface area (Å²) in [6.45, 7) is 4.80. The number of hydrogen-bond donors (Lipinski definition) is 1. The molecule has 1 aliphatic heterocycles. The molecule has 1 saturated carbocycles. The van der Waals surface area contributed by atoms with Gasteiger partial charge < -0.3 is 10.1 Å². The van der Waals surface area contributed by atoms with E-state index in [9.17, 15) is 19.2 Å². The summed E-state index contributed by atoms with van der Waals surface area (Å²) in [6, 6.07) is 2.56. The maximum absolute atomic E-state index is 12.8. The maximum atomic E-state index is 12.8. The first-order valence-electron chi connectivity index (χ1n) is 9.97. The van der Waals surface area contributed by atoms with Crippen molar-refractivity contribution in [2.24, 2.45) is 23.7 Å². The van der Waals surface area contributed by atoms with Crippen molar-refractivity contribution in [3.05, 3.63) is 39.9 Å². The van der Waals surface area contributed by atoms with Crippen LogP contribution in [0, 0.1) is 37.5 Å². The van der Waals surface area contributed by atoms with Gasteiger partial charge in [-0.3, -0.25) is 19.3 Å². The number of fused-ring (bicyclic) bond motifs is 5. The maximum Gasteiger partial charge on any atom is 0.329 e. The van der Waals surface area contributed by atoms with Crippen LogP contribution >= 0.6 is 15.9 Å². The molecule has 1 N–H and O–H groups in total. The molecule has 1 aromatic rings. The largest absolute Gasteiger partial charge is 0.454 e. The van der Waals surface area contributed by atoms with Crippen LogP contribution < -0.4 is 5.32 Å². The monoisotopic (exact) mass is 474 g/mol. The Labute approximate surface area is 183 Å². The van der Waals surface area contributed by atoms with E-state index in [-0.39, 0.29) is 35.5 Å². The lowest BCUT2D eigenvalue weighted by molar-refractivity contribution is -0.159. The predicted octanol–water partition coefficient (Wildman–Crippen LogP) is 2.74. The second-order valence-corrected chi connectivity index (χ2v) is 9.10. The molecule has 0 aromatic heterocycles. The zero-order chi connectivity index (χ0) is 21.7. The Hall–Kier alpha value is -2.48. The number of carbonyl (C=O) groups excluding carboxylic acids is 4.